The Kier molecular flexibility index (Phi) is 3.30. The van der Waals surface area contributed by atoms with Crippen molar-refractivity contribution in [3.05, 3.63) is 11.6 Å². The molecule has 11 heavy (non-hydrogen) atoms. The molecule has 0 aromatic heterocycles. The highest BCUT2D eigenvalue weighted by Crippen LogP contribution is 2.20. The van der Waals surface area contributed by atoms with Gasteiger partial charge in [0.1, 0.15) is 5.78 Å². The van der Waals surface area contributed by atoms with Crippen molar-refractivity contribution in [2.24, 2.45) is 5.73 Å². The quantitative estimate of drug-likeness (QED) is 0.620. The largest absolute Gasteiger partial charge is 0.330 e. The van der Waals surface area contributed by atoms with Crippen molar-refractivity contribution in [3.8, 4) is 0 Å². The molecule has 0 fully saturated rings. The van der Waals surface area contributed by atoms with Gasteiger partial charge < -0.3 is 5.73 Å². The van der Waals surface area contributed by atoms with E-state index in [9.17, 15) is 4.79 Å². The Hall–Kier alpha value is -0.630. The zero-order chi connectivity index (χ0) is 8.10. The highest BCUT2D eigenvalue weighted by atomic mass is 16.1. The van der Waals surface area contributed by atoms with Crippen molar-refractivity contribution < 1.29 is 4.79 Å². The van der Waals surface area contributed by atoms with Gasteiger partial charge in [-0.25, -0.2) is 0 Å². The van der Waals surface area contributed by atoms with Crippen molar-refractivity contribution >= 4 is 5.78 Å². The third kappa shape index (κ3) is 2.85. The van der Waals surface area contributed by atoms with Crippen molar-refractivity contribution in [2.45, 2.75) is 32.1 Å². The van der Waals surface area contributed by atoms with E-state index in [1.807, 2.05) is 0 Å². The molecule has 0 aromatic carbocycles. The standard InChI is InChI=1S/C9H15NO/c10-6-5-9(11)7-8-3-1-2-4-8/h3H,1-2,4-7,10H2. The summed E-state index contributed by atoms with van der Waals surface area (Å²) < 4.78 is 0. The lowest BCUT2D eigenvalue weighted by Gasteiger charge is -1.98. The number of carbonyl (C=O) groups is 1. The van der Waals surface area contributed by atoms with Crippen molar-refractivity contribution in [3.63, 3.8) is 0 Å². The second-order valence-electron chi connectivity index (χ2n) is 3.01. The van der Waals surface area contributed by atoms with E-state index in [2.05, 4.69) is 6.08 Å². The Morgan fingerprint density at radius 1 is 1.64 bits per heavy atom. The summed E-state index contributed by atoms with van der Waals surface area (Å²) in [5, 5.41) is 0. The average molecular weight is 153 g/mol. The summed E-state index contributed by atoms with van der Waals surface area (Å²) in [4.78, 5) is 11.1. The van der Waals surface area contributed by atoms with Gasteiger partial charge >= 0.3 is 0 Å². The Morgan fingerprint density at radius 3 is 3.00 bits per heavy atom. The normalized spacial score (nSPS) is 16.6. The summed E-state index contributed by atoms with van der Waals surface area (Å²) in [6, 6.07) is 0. The SMILES string of the molecule is NCCC(=O)CC1=CCCC1. The van der Waals surface area contributed by atoms with E-state index in [0.29, 0.717) is 25.2 Å². The van der Waals surface area contributed by atoms with Crippen molar-refractivity contribution in [1.82, 2.24) is 0 Å². The second-order valence-corrected chi connectivity index (χ2v) is 3.01. The van der Waals surface area contributed by atoms with Crippen molar-refractivity contribution in [1.29, 1.82) is 0 Å². The Bertz CT molecular complexity index is 172. The second kappa shape index (κ2) is 4.29. The fraction of sp³-hybridized carbons (Fsp3) is 0.667. The van der Waals surface area contributed by atoms with E-state index in [1.165, 1.54) is 12.0 Å². The molecule has 1 aliphatic rings. The van der Waals surface area contributed by atoms with Gasteiger partial charge in [-0.1, -0.05) is 11.6 Å². The molecule has 0 saturated heterocycles. The van der Waals surface area contributed by atoms with E-state index in [0.717, 1.165) is 12.8 Å². The predicted molar refractivity (Wildman–Crippen MR) is 45.2 cm³/mol. The molecule has 1 rings (SSSR count). The van der Waals surface area contributed by atoms with E-state index < -0.39 is 0 Å². The van der Waals surface area contributed by atoms with Gasteiger partial charge in [0.15, 0.2) is 0 Å². The number of allylic oxidation sites excluding steroid dienone is 2. The summed E-state index contributed by atoms with van der Waals surface area (Å²) in [6.07, 6.45) is 6.88. The predicted octanol–water partition coefficient (Wildman–Crippen LogP) is 1.40. The highest BCUT2D eigenvalue weighted by Gasteiger charge is 2.08. The van der Waals surface area contributed by atoms with Crippen LogP contribution in [0.25, 0.3) is 0 Å². The van der Waals surface area contributed by atoms with Crippen LogP contribution in [0.4, 0.5) is 0 Å². The number of carbonyl (C=O) groups excluding carboxylic acids is 1. The van der Waals surface area contributed by atoms with Gasteiger partial charge in [0, 0.05) is 12.8 Å². The maximum Gasteiger partial charge on any atom is 0.138 e. The minimum Gasteiger partial charge on any atom is -0.330 e. The number of ketones is 1. The molecule has 0 amide bonds. The van der Waals surface area contributed by atoms with Crippen LogP contribution in [-0.2, 0) is 4.79 Å². The van der Waals surface area contributed by atoms with Gasteiger partial charge in [-0.2, -0.15) is 0 Å². The fourth-order valence-corrected chi connectivity index (χ4v) is 1.40. The molecule has 0 unspecified atom stereocenters. The smallest absolute Gasteiger partial charge is 0.138 e. The highest BCUT2D eigenvalue weighted by molar-refractivity contribution is 5.81. The lowest BCUT2D eigenvalue weighted by atomic mass is 10.1. The topological polar surface area (TPSA) is 43.1 Å². The number of hydrogen-bond acceptors (Lipinski definition) is 2. The van der Waals surface area contributed by atoms with E-state index in [4.69, 9.17) is 5.73 Å². The first-order chi connectivity index (χ1) is 5.33. The molecule has 0 saturated carbocycles. The Balaban J connectivity index is 2.24. The Morgan fingerprint density at radius 2 is 2.45 bits per heavy atom. The van der Waals surface area contributed by atoms with Crippen molar-refractivity contribution in [2.75, 3.05) is 6.54 Å². The molecular formula is C9H15NO. The molecule has 2 heteroatoms. The zero-order valence-electron chi connectivity index (χ0n) is 6.81. The van der Waals surface area contributed by atoms with Crippen LogP contribution < -0.4 is 5.73 Å². The third-order valence-electron chi connectivity index (χ3n) is 1.98. The molecule has 2 N–H and O–H groups in total. The van der Waals surface area contributed by atoms with Crippen LogP contribution in [0.1, 0.15) is 32.1 Å². The first kappa shape index (κ1) is 8.47. The fourth-order valence-electron chi connectivity index (χ4n) is 1.40. The molecule has 0 aliphatic heterocycles. The van der Waals surface area contributed by atoms with Crippen LogP contribution in [-0.4, -0.2) is 12.3 Å². The van der Waals surface area contributed by atoms with Crippen LogP contribution in [0, 0.1) is 0 Å². The van der Waals surface area contributed by atoms with Gasteiger partial charge in [0.2, 0.25) is 0 Å². The number of rotatable bonds is 4. The van der Waals surface area contributed by atoms with E-state index >= 15 is 0 Å². The van der Waals surface area contributed by atoms with Crippen LogP contribution in [0.2, 0.25) is 0 Å². The molecule has 62 valence electrons. The first-order valence-electron chi connectivity index (χ1n) is 4.22. The number of hydrogen-bond donors (Lipinski definition) is 1. The first-order valence-corrected chi connectivity index (χ1v) is 4.22. The monoisotopic (exact) mass is 153 g/mol. The van der Waals surface area contributed by atoms with E-state index in [-0.39, 0.29) is 0 Å². The molecule has 0 aromatic rings. The van der Waals surface area contributed by atoms with Gasteiger partial charge in [0.25, 0.3) is 0 Å². The maximum absolute atomic E-state index is 11.1. The molecule has 1 aliphatic carbocycles. The van der Waals surface area contributed by atoms with Crippen LogP contribution in [0.15, 0.2) is 11.6 Å². The van der Waals surface area contributed by atoms with E-state index in [1.54, 1.807) is 0 Å². The average Bonchev–Trinajstić information content (AvgIpc) is 2.40. The zero-order valence-corrected chi connectivity index (χ0v) is 6.81. The van der Waals surface area contributed by atoms with Crippen LogP contribution in [0.5, 0.6) is 0 Å². The molecule has 0 radical (unpaired) electrons. The van der Waals surface area contributed by atoms with Crippen LogP contribution in [0.3, 0.4) is 0 Å². The van der Waals surface area contributed by atoms with Gasteiger partial charge in [0.05, 0.1) is 0 Å². The van der Waals surface area contributed by atoms with Crippen LogP contribution >= 0.6 is 0 Å². The summed E-state index contributed by atoms with van der Waals surface area (Å²) in [5.74, 6) is 0.292. The summed E-state index contributed by atoms with van der Waals surface area (Å²) in [7, 11) is 0. The molecular weight excluding hydrogens is 138 g/mol. The lowest BCUT2D eigenvalue weighted by molar-refractivity contribution is -0.118. The molecule has 0 spiro atoms. The molecule has 0 heterocycles. The minimum absolute atomic E-state index is 0.292. The summed E-state index contributed by atoms with van der Waals surface area (Å²) in [6.45, 7) is 0.492. The minimum atomic E-state index is 0.292. The summed E-state index contributed by atoms with van der Waals surface area (Å²) >= 11 is 0. The molecule has 2 nitrogen and oxygen atoms in total. The molecule has 0 bridgehead atoms. The lowest BCUT2D eigenvalue weighted by Crippen LogP contribution is -2.07. The van der Waals surface area contributed by atoms with Gasteiger partial charge in [-0.3, -0.25) is 4.79 Å². The molecule has 0 atom stereocenters. The van der Waals surface area contributed by atoms with Gasteiger partial charge in [-0.05, 0) is 25.8 Å². The Labute approximate surface area is 67.5 Å². The van der Waals surface area contributed by atoms with Gasteiger partial charge in [-0.15, -0.1) is 0 Å². The summed E-state index contributed by atoms with van der Waals surface area (Å²) in [5.41, 5.74) is 6.59. The third-order valence-corrected chi connectivity index (χ3v) is 1.98. The number of nitrogens with two attached hydrogens (primary N) is 1. The maximum atomic E-state index is 11.1. The number of Topliss-reactive ketones (excluding diaryl/α,β-unsaturated/α-hetero) is 1.